The van der Waals surface area contributed by atoms with Crippen molar-refractivity contribution in [3.63, 3.8) is 0 Å². The summed E-state index contributed by atoms with van der Waals surface area (Å²) in [5.41, 5.74) is 7.59. The second kappa shape index (κ2) is 5.14. The number of methoxy groups -OCH3 is 1. The van der Waals surface area contributed by atoms with Crippen LogP contribution in [-0.2, 0) is 6.42 Å². The van der Waals surface area contributed by atoms with Crippen LogP contribution in [0.1, 0.15) is 25.6 Å². The van der Waals surface area contributed by atoms with Crippen molar-refractivity contribution in [1.82, 2.24) is 15.0 Å². The van der Waals surface area contributed by atoms with E-state index in [1.54, 1.807) is 7.11 Å². The summed E-state index contributed by atoms with van der Waals surface area (Å²) >= 11 is 0. The number of aromatic nitrogens is 3. The highest BCUT2D eigenvalue weighted by Gasteiger charge is 2.09. The smallest absolute Gasteiger partial charge is 0.215 e. The fourth-order valence-electron chi connectivity index (χ4n) is 1.86. The molecule has 0 fully saturated rings. The molecular weight excluding hydrogens is 216 g/mol. The van der Waals surface area contributed by atoms with Crippen LogP contribution in [0.25, 0.3) is 11.2 Å². The van der Waals surface area contributed by atoms with Crippen molar-refractivity contribution < 1.29 is 4.74 Å². The molecule has 0 saturated carbocycles. The Hall–Kier alpha value is -1.62. The van der Waals surface area contributed by atoms with E-state index in [-0.39, 0.29) is 6.04 Å². The van der Waals surface area contributed by atoms with Crippen LogP contribution in [0.3, 0.4) is 0 Å². The molecule has 3 N–H and O–H groups in total. The third-order valence-electron chi connectivity index (χ3n) is 2.69. The molecule has 1 atom stereocenters. The molecule has 2 heterocycles. The van der Waals surface area contributed by atoms with E-state index in [0.717, 1.165) is 30.6 Å². The lowest BCUT2D eigenvalue weighted by atomic mass is 10.1. The van der Waals surface area contributed by atoms with Crippen molar-refractivity contribution in [3.05, 3.63) is 18.0 Å². The van der Waals surface area contributed by atoms with Gasteiger partial charge in [-0.2, -0.15) is 4.98 Å². The molecule has 0 aliphatic heterocycles. The van der Waals surface area contributed by atoms with Crippen molar-refractivity contribution in [2.24, 2.45) is 5.73 Å². The molecule has 2 aromatic rings. The van der Waals surface area contributed by atoms with E-state index >= 15 is 0 Å². The second-order valence-electron chi connectivity index (χ2n) is 4.16. The summed E-state index contributed by atoms with van der Waals surface area (Å²) in [6.07, 6.45) is 2.85. The van der Waals surface area contributed by atoms with E-state index in [0.29, 0.717) is 11.5 Å². The van der Waals surface area contributed by atoms with Crippen LogP contribution in [-0.4, -0.2) is 28.1 Å². The lowest BCUT2D eigenvalue weighted by Gasteiger charge is -2.06. The highest BCUT2D eigenvalue weighted by atomic mass is 16.5. The number of rotatable bonds is 5. The second-order valence-corrected chi connectivity index (χ2v) is 4.16. The van der Waals surface area contributed by atoms with Crippen LogP contribution >= 0.6 is 0 Å². The molecule has 0 aromatic carbocycles. The standard InChI is InChI=1S/C12H18N4O/c1-3-4-8(13)7-10-14-9-5-6-11(17-2)16-12(9)15-10/h5-6,8H,3-4,7,13H2,1-2H3,(H,14,15,16). The average molecular weight is 234 g/mol. The van der Waals surface area contributed by atoms with Gasteiger partial charge < -0.3 is 15.5 Å². The van der Waals surface area contributed by atoms with Crippen molar-refractivity contribution in [2.75, 3.05) is 7.11 Å². The minimum atomic E-state index is 0.155. The van der Waals surface area contributed by atoms with E-state index in [1.807, 2.05) is 12.1 Å². The van der Waals surface area contributed by atoms with Gasteiger partial charge in [0.25, 0.3) is 0 Å². The summed E-state index contributed by atoms with van der Waals surface area (Å²) in [5, 5.41) is 0. The zero-order chi connectivity index (χ0) is 12.3. The Labute approximate surface area is 100 Å². The number of pyridine rings is 1. The van der Waals surface area contributed by atoms with Crippen LogP contribution in [0.2, 0.25) is 0 Å². The van der Waals surface area contributed by atoms with Crippen molar-refractivity contribution >= 4 is 11.2 Å². The Bertz CT molecular complexity index is 494. The SMILES string of the molecule is CCCC(N)Cc1nc2nc(OC)ccc2[nH]1. The number of nitrogens with two attached hydrogens (primary N) is 1. The van der Waals surface area contributed by atoms with Gasteiger partial charge in [0.15, 0.2) is 5.65 Å². The number of hydrogen-bond donors (Lipinski definition) is 2. The Morgan fingerprint density at radius 2 is 2.24 bits per heavy atom. The third kappa shape index (κ3) is 2.74. The fraction of sp³-hybridized carbons (Fsp3) is 0.500. The molecule has 0 radical (unpaired) electrons. The Morgan fingerprint density at radius 3 is 2.94 bits per heavy atom. The van der Waals surface area contributed by atoms with Gasteiger partial charge in [-0.1, -0.05) is 13.3 Å². The monoisotopic (exact) mass is 234 g/mol. The number of H-pyrrole nitrogens is 1. The van der Waals surface area contributed by atoms with E-state index in [4.69, 9.17) is 10.5 Å². The van der Waals surface area contributed by atoms with Gasteiger partial charge in [-0.3, -0.25) is 0 Å². The van der Waals surface area contributed by atoms with E-state index in [9.17, 15) is 0 Å². The first kappa shape index (κ1) is 11.9. The number of nitrogens with one attached hydrogen (secondary N) is 1. The minimum absolute atomic E-state index is 0.155. The summed E-state index contributed by atoms with van der Waals surface area (Å²) in [5.74, 6) is 1.47. The van der Waals surface area contributed by atoms with E-state index < -0.39 is 0 Å². The summed E-state index contributed by atoms with van der Waals surface area (Å²) in [7, 11) is 1.60. The lowest BCUT2D eigenvalue weighted by Crippen LogP contribution is -2.22. The highest BCUT2D eigenvalue weighted by Crippen LogP contribution is 2.15. The maximum Gasteiger partial charge on any atom is 0.215 e. The van der Waals surface area contributed by atoms with Gasteiger partial charge in [0, 0.05) is 18.5 Å². The molecule has 2 rings (SSSR count). The predicted molar refractivity (Wildman–Crippen MR) is 67.0 cm³/mol. The molecule has 92 valence electrons. The van der Waals surface area contributed by atoms with Gasteiger partial charge in [-0.15, -0.1) is 0 Å². The van der Waals surface area contributed by atoms with Crippen LogP contribution < -0.4 is 10.5 Å². The number of nitrogens with zero attached hydrogens (tertiary/aromatic N) is 2. The first-order valence-corrected chi connectivity index (χ1v) is 5.88. The number of ether oxygens (including phenoxy) is 1. The Balaban J connectivity index is 2.19. The van der Waals surface area contributed by atoms with E-state index in [1.165, 1.54) is 0 Å². The van der Waals surface area contributed by atoms with Crippen LogP contribution in [0.4, 0.5) is 0 Å². The molecule has 5 nitrogen and oxygen atoms in total. The molecule has 0 aliphatic carbocycles. The molecule has 0 aliphatic rings. The molecule has 5 heteroatoms. The molecule has 1 unspecified atom stereocenters. The predicted octanol–water partition coefficient (Wildman–Crippen LogP) is 1.64. The summed E-state index contributed by atoms with van der Waals surface area (Å²) < 4.78 is 5.06. The average Bonchev–Trinajstić information content (AvgIpc) is 2.69. The minimum Gasteiger partial charge on any atom is -0.481 e. The Kier molecular flexibility index (Phi) is 3.58. The highest BCUT2D eigenvalue weighted by molar-refractivity contribution is 5.71. The van der Waals surface area contributed by atoms with Crippen molar-refractivity contribution in [3.8, 4) is 5.88 Å². The number of fused-ring (bicyclic) bond motifs is 1. The maximum absolute atomic E-state index is 5.99. The van der Waals surface area contributed by atoms with Gasteiger partial charge in [-0.25, -0.2) is 4.98 Å². The largest absolute Gasteiger partial charge is 0.481 e. The van der Waals surface area contributed by atoms with Gasteiger partial charge >= 0.3 is 0 Å². The maximum atomic E-state index is 5.99. The van der Waals surface area contributed by atoms with Crippen LogP contribution in [0, 0.1) is 0 Å². The van der Waals surface area contributed by atoms with Crippen LogP contribution in [0.15, 0.2) is 12.1 Å². The zero-order valence-corrected chi connectivity index (χ0v) is 10.2. The molecule has 0 bridgehead atoms. The molecular formula is C12H18N4O. The van der Waals surface area contributed by atoms with Crippen molar-refractivity contribution in [1.29, 1.82) is 0 Å². The summed E-state index contributed by atoms with van der Waals surface area (Å²) in [6.45, 7) is 2.13. The van der Waals surface area contributed by atoms with Gasteiger partial charge in [-0.05, 0) is 12.5 Å². The molecule has 0 saturated heterocycles. The van der Waals surface area contributed by atoms with Gasteiger partial charge in [0.1, 0.15) is 5.82 Å². The third-order valence-corrected chi connectivity index (χ3v) is 2.69. The van der Waals surface area contributed by atoms with Crippen molar-refractivity contribution in [2.45, 2.75) is 32.2 Å². The topological polar surface area (TPSA) is 76.8 Å². The Morgan fingerprint density at radius 1 is 1.41 bits per heavy atom. The van der Waals surface area contributed by atoms with Gasteiger partial charge in [0.2, 0.25) is 5.88 Å². The first-order chi connectivity index (χ1) is 8.22. The first-order valence-electron chi connectivity index (χ1n) is 5.88. The quantitative estimate of drug-likeness (QED) is 0.824. The molecule has 17 heavy (non-hydrogen) atoms. The fourth-order valence-corrected chi connectivity index (χ4v) is 1.86. The number of hydrogen-bond acceptors (Lipinski definition) is 4. The number of aromatic amines is 1. The number of imidazole rings is 1. The zero-order valence-electron chi connectivity index (χ0n) is 10.2. The normalized spacial score (nSPS) is 12.9. The van der Waals surface area contributed by atoms with E-state index in [2.05, 4.69) is 21.9 Å². The molecule has 0 amide bonds. The van der Waals surface area contributed by atoms with Crippen LogP contribution in [0.5, 0.6) is 5.88 Å². The van der Waals surface area contributed by atoms with Gasteiger partial charge in [0.05, 0.1) is 12.6 Å². The summed E-state index contributed by atoms with van der Waals surface area (Å²) in [6, 6.07) is 3.89. The molecule has 2 aromatic heterocycles. The summed E-state index contributed by atoms with van der Waals surface area (Å²) in [4.78, 5) is 11.9. The molecule has 0 spiro atoms. The lowest BCUT2D eigenvalue weighted by molar-refractivity contribution is 0.399.